The molecule has 0 saturated heterocycles. The van der Waals surface area contributed by atoms with Gasteiger partial charge in [-0.1, -0.05) is 43.0 Å². The molecule has 7 nitrogen and oxygen atoms in total. The summed E-state index contributed by atoms with van der Waals surface area (Å²) in [6, 6.07) is 1.98. The summed E-state index contributed by atoms with van der Waals surface area (Å²) in [6.45, 7) is 10.4. The van der Waals surface area contributed by atoms with E-state index in [0.29, 0.717) is 27.2 Å². The number of thiazole rings is 1. The quantitative estimate of drug-likeness (QED) is 0.363. The van der Waals surface area contributed by atoms with Crippen LogP contribution in [0.2, 0.25) is 0 Å². The second-order valence-electron chi connectivity index (χ2n) is 7.68. The lowest BCUT2D eigenvalue weighted by Gasteiger charge is -2.19. The molecule has 3 aromatic heterocycles. The van der Waals surface area contributed by atoms with Gasteiger partial charge in [0.05, 0.1) is 23.6 Å². The Bertz CT molecular complexity index is 1050. The highest BCUT2D eigenvalue weighted by Crippen LogP contribution is 2.35. The number of aliphatic hydroxyl groups is 1. The van der Waals surface area contributed by atoms with Gasteiger partial charge in [0.1, 0.15) is 4.70 Å². The molecule has 0 aliphatic rings. The number of fused-ring (bicyclic) bond motifs is 1. The number of aromatic nitrogens is 4. The Morgan fingerprint density at radius 3 is 2.69 bits per heavy atom. The fourth-order valence-electron chi connectivity index (χ4n) is 3.28. The van der Waals surface area contributed by atoms with Crippen molar-refractivity contribution in [2.45, 2.75) is 57.5 Å². The lowest BCUT2D eigenvalue weighted by atomic mass is 10.0. The number of H-pyrrole nitrogens is 1. The number of aliphatic hydroxyl groups excluding tert-OH is 1. The van der Waals surface area contributed by atoms with Crippen LogP contribution in [-0.4, -0.2) is 37.7 Å². The van der Waals surface area contributed by atoms with Gasteiger partial charge < -0.3 is 10.4 Å². The van der Waals surface area contributed by atoms with Gasteiger partial charge in [-0.05, 0) is 44.2 Å². The van der Waals surface area contributed by atoms with Gasteiger partial charge in [-0.2, -0.15) is 0 Å². The van der Waals surface area contributed by atoms with E-state index in [4.69, 9.17) is 0 Å². The van der Waals surface area contributed by atoms with Crippen molar-refractivity contribution >= 4 is 39.3 Å². The van der Waals surface area contributed by atoms with E-state index in [1.807, 2.05) is 13.1 Å². The monoisotopic (exact) mass is 433 g/mol. The first-order valence-electron chi connectivity index (χ1n) is 9.64. The average Bonchev–Trinajstić information content (AvgIpc) is 3.01. The van der Waals surface area contributed by atoms with Crippen molar-refractivity contribution in [3.63, 3.8) is 0 Å². The number of nitrogens with one attached hydrogen (secondary N) is 2. The van der Waals surface area contributed by atoms with Gasteiger partial charge in [-0.25, -0.2) is 9.97 Å². The van der Waals surface area contributed by atoms with E-state index in [1.165, 1.54) is 11.8 Å². The van der Waals surface area contributed by atoms with E-state index >= 15 is 0 Å². The highest BCUT2D eigenvalue weighted by Gasteiger charge is 2.19. The summed E-state index contributed by atoms with van der Waals surface area (Å²) >= 11 is 2.58. The lowest BCUT2D eigenvalue weighted by molar-refractivity contribution is 0.259. The van der Waals surface area contributed by atoms with E-state index in [0.717, 1.165) is 34.6 Å². The number of aryl methyl sites for hydroxylation is 2. The molecule has 9 heteroatoms. The van der Waals surface area contributed by atoms with Crippen molar-refractivity contribution in [2.24, 2.45) is 5.92 Å². The van der Waals surface area contributed by atoms with Crippen LogP contribution >= 0.6 is 23.1 Å². The number of aromatic amines is 1. The molecule has 0 aliphatic carbocycles. The van der Waals surface area contributed by atoms with Crippen LogP contribution in [0, 0.1) is 19.8 Å². The lowest BCUT2D eigenvalue weighted by Crippen LogP contribution is -2.26. The predicted octanol–water partition coefficient (Wildman–Crippen LogP) is 4.06. The predicted molar refractivity (Wildman–Crippen MR) is 120 cm³/mol. The van der Waals surface area contributed by atoms with E-state index in [9.17, 15) is 9.90 Å². The van der Waals surface area contributed by atoms with Crippen molar-refractivity contribution in [3.05, 3.63) is 38.8 Å². The maximum Gasteiger partial charge on any atom is 0.306 e. The molecule has 3 aromatic rings. The Balaban J connectivity index is 1.93. The first kappa shape index (κ1) is 21.7. The summed E-state index contributed by atoms with van der Waals surface area (Å²) in [4.78, 5) is 28.3. The highest BCUT2D eigenvalue weighted by atomic mass is 32.2. The molecule has 29 heavy (non-hydrogen) atoms. The molecule has 156 valence electrons. The smallest absolute Gasteiger partial charge is 0.306 e. The van der Waals surface area contributed by atoms with Crippen LogP contribution in [0.3, 0.4) is 0 Å². The summed E-state index contributed by atoms with van der Waals surface area (Å²) in [5.41, 5.74) is 3.77. The van der Waals surface area contributed by atoms with Crippen LogP contribution in [-0.2, 0) is 0 Å². The zero-order chi connectivity index (χ0) is 21.1. The van der Waals surface area contributed by atoms with Crippen molar-refractivity contribution in [1.82, 2.24) is 19.9 Å². The minimum atomic E-state index is -0.173. The van der Waals surface area contributed by atoms with Gasteiger partial charge in [0.2, 0.25) is 0 Å². The molecule has 0 fully saturated rings. The molecule has 0 radical (unpaired) electrons. The second kappa shape index (κ2) is 9.23. The molecule has 2 atom stereocenters. The largest absolute Gasteiger partial charge is 0.394 e. The summed E-state index contributed by atoms with van der Waals surface area (Å²) in [5, 5.41) is 13.7. The first-order chi connectivity index (χ1) is 13.8. The average molecular weight is 434 g/mol. The number of hydrogen-bond acceptors (Lipinski definition) is 8. The number of nitrogens with zero attached hydrogens (tertiary/aromatic N) is 3. The third-order valence-corrected chi connectivity index (χ3v) is 6.35. The van der Waals surface area contributed by atoms with E-state index in [2.05, 4.69) is 59.0 Å². The summed E-state index contributed by atoms with van der Waals surface area (Å²) in [7, 11) is 0. The van der Waals surface area contributed by atoms with Gasteiger partial charge in [0, 0.05) is 6.20 Å². The number of hydrogen-bond donors (Lipinski definition) is 3. The zero-order valence-corrected chi connectivity index (χ0v) is 18.9. The normalized spacial score (nSPS) is 13.8. The molecule has 3 heterocycles. The number of pyridine rings is 1. The van der Waals surface area contributed by atoms with Gasteiger partial charge in [0.25, 0.3) is 0 Å². The number of rotatable bonds is 8. The van der Waals surface area contributed by atoms with Crippen LogP contribution in [0.15, 0.2) is 22.2 Å². The molecular weight excluding hydrogens is 406 g/mol. The van der Waals surface area contributed by atoms with Gasteiger partial charge in [0.15, 0.2) is 16.6 Å². The van der Waals surface area contributed by atoms with E-state index < -0.39 is 0 Å². The molecular formula is C20H27N5O2S2. The molecule has 3 N–H and O–H groups in total. The molecule has 0 spiro atoms. The van der Waals surface area contributed by atoms with E-state index in [1.54, 1.807) is 0 Å². The van der Waals surface area contributed by atoms with Crippen LogP contribution in [0.4, 0.5) is 5.82 Å². The Hall–Kier alpha value is -1.97. The van der Waals surface area contributed by atoms with Crippen LogP contribution in [0.1, 0.15) is 49.3 Å². The van der Waals surface area contributed by atoms with Crippen LogP contribution < -0.4 is 10.2 Å². The standard InChI is InChI=1S/C20H27N5O2S2/c1-10(2)6-14(9-26)22-17-16-18(25-20(27)29-16)24-19(23-17)28-13(5)15-12(4)7-11(3)8-21-15/h7-8,10,13-14,26H,6,9H2,1-5H3,(H2,22,23,24,25,27)/t13?,14-/m1/s1. The number of thioether (sulfide) groups is 1. The van der Waals surface area contributed by atoms with Gasteiger partial charge in [-0.3, -0.25) is 14.8 Å². The molecule has 0 aromatic carbocycles. The summed E-state index contributed by atoms with van der Waals surface area (Å²) in [5.74, 6) is 1.01. The third-order valence-electron chi connectivity index (χ3n) is 4.50. The Morgan fingerprint density at radius 1 is 1.28 bits per heavy atom. The van der Waals surface area contributed by atoms with Crippen LogP contribution in [0.25, 0.3) is 10.3 Å². The summed E-state index contributed by atoms with van der Waals surface area (Å²) in [6.07, 6.45) is 2.66. The van der Waals surface area contributed by atoms with Crippen molar-refractivity contribution in [2.75, 3.05) is 11.9 Å². The maximum absolute atomic E-state index is 11.9. The Labute approximate surface area is 178 Å². The first-order valence-corrected chi connectivity index (χ1v) is 11.3. The second-order valence-corrected chi connectivity index (χ2v) is 9.97. The SMILES string of the molecule is Cc1cnc(C(C)Sc2nc(N[C@@H](CO)CC(C)C)c3sc(=O)[nH]c3n2)c(C)c1. The molecule has 1 unspecified atom stereocenters. The van der Waals surface area contributed by atoms with Crippen molar-refractivity contribution in [1.29, 1.82) is 0 Å². The van der Waals surface area contributed by atoms with Gasteiger partial charge >= 0.3 is 4.87 Å². The molecule has 0 saturated carbocycles. The molecule has 0 amide bonds. The zero-order valence-electron chi connectivity index (χ0n) is 17.3. The maximum atomic E-state index is 11.9. The number of anilines is 1. The Kier molecular flexibility index (Phi) is 6.92. The minimum Gasteiger partial charge on any atom is -0.394 e. The summed E-state index contributed by atoms with van der Waals surface area (Å²) < 4.78 is 0.679. The molecule has 3 rings (SSSR count). The topological polar surface area (TPSA) is 104 Å². The minimum absolute atomic E-state index is 0.00560. The Morgan fingerprint density at radius 2 is 2.03 bits per heavy atom. The fraction of sp³-hybridized carbons (Fsp3) is 0.500. The van der Waals surface area contributed by atoms with E-state index in [-0.39, 0.29) is 22.8 Å². The molecule has 0 bridgehead atoms. The fourth-order valence-corrected chi connectivity index (χ4v) is 4.97. The van der Waals surface area contributed by atoms with Gasteiger partial charge in [-0.15, -0.1) is 0 Å². The molecule has 0 aliphatic heterocycles. The van der Waals surface area contributed by atoms with Crippen LogP contribution in [0.5, 0.6) is 0 Å². The van der Waals surface area contributed by atoms with Crippen molar-refractivity contribution in [3.8, 4) is 0 Å². The third kappa shape index (κ3) is 5.34. The highest BCUT2D eigenvalue weighted by molar-refractivity contribution is 7.99. The van der Waals surface area contributed by atoms with Crippen molar-refractivity contribution < 1.29 is 5.11 Å².